The number of carbonyl (C=O) groups excluding carboxylic acids is 3. The summed E-state index contributed by atoms with van der Waals surface area (Å²) in [5.74, 6) is -1.61. The van der Waals surface area contributed by atoms with E-state index in [1.165, 1.54) is 19.4 Å². The summed E-state index contributed by atoms with van der Waals surface area (Å²) in [6.07, 6.45) is 2.30. The van der Waals surface area contributed by atoms with Crippen LogP contribution in [0.5, 0.6) is 0 Å². The number of urea groups is 1. The van der Waals surface area contributed by atoms with Crippen LogP contribution in [0.15, 0.2) is 67.0 Å². The second-order valence-electron chi connectivity index (χ2n) is 9.17. The Morgan fingerprint density at radius 2 is 1.76 bits per heavy atom. The van der Waals surface area contributed by atoms with Gasteiger partial charge in [-0.15, -0.1) is 0 Å². The van der Waals surface area contributed by atoms with Crippen LogP contribution in [0.2, 0.25) is 5.02 Å². The van der Waals surface area contributed by atoms with Gasteiger partial charge in [0.05, 0.1) is 30.9 Å². The van der Waals surface area contributed by atoms with Crippen LogP contribution < -0.4 is 20.9 Å². The number of benzene rings is 2. The molecule has 2 aromatic carbocycles. The first-order chi connectivity index (χ1) is 19.7. The molecule has 1 fully saturated rings. The third-order valence-corrected chi connectivity index (χ3v) is 6.69. The number of halogens is 1. The van der Waals surface area contributed by atoms with Crippen molar-refractivity contribution in [1.82, 2.24) is 15.2 Å². The van der Waals surface area contributed by atoms with Crippen LogP contribution in [0.3, 0.4) is 0 Å². The summed E-state index contributed by atoms with van der Waals surface area (Å²) in [5.41, 5.74) is 2.27. The number of pyridine rings is 1. The fraction of sp³-hybridized carbons (Fsp3) is 0.250. The summed E-state index contributed by atoms with van der Waals surface area (Å²) in [4.78, 5) is 57.2. The van der Waals surface area contributed by atoms with Crippen molar-refractivity contribution in [2.75, 3.05) is 48.8 Å². The number of nitrogens with one attached hydrogen (secondary N) is 3. The lowest BCUT2D eigenvalue weighted by atomic mass is 10.0. The van der Waals surface area contributed by atoms with E-state index in [2.05, 4.69) is 20.9 Å². The molecular formula is C28H29ClN6O6. The number of methoxy groups -OCH3 is 1. The summed E-state index contributed by atoms with van der Waals surface area (Å²) >= 11 is 5.93. The van der Waals surface area contributed by atoms with Crippen LogP contribution >= 0.6 is 11.6 Å². The van der Waals surface area contributed by atoms with Gasteiger partial charge in [-0.2, -0.15) is 0 Å². The molecule has 3 aromatic rings. The number of aromatic nitrogens is 1. The van der Waals surface area contributed by atoms with E-state index in [0.717, 1.165) is 0 Å². The van der Waals surface area contributed by atoms with Gasteiger partial charge in [0.25, 0.3) is 5.91 Å². The molecule has 41 heavy (non-hydrogen) atoms. The maximum absolute atomic E-state index is 13.3. The zero-order valence-electron chi connectivity index (χ0n) is 22.2. The van der Waals surface area contributed by atoms with E-state index in [0.29, 0.717) is 53.8 Å². The fourth-order valence-corrected chi connectivity index (χ4v) is 4.51. The van der Waals surface area contributed by atoms with Gasteiger partial charge in [0.1, 0.15) is 0 Å². The highest BCUT2D eigenvalue weighted by molar-refractivity contribution is 6.30. The zero-order chi connectivity index (χ0) is 29.4. The van der Waals surface area contributed by atoms with Gasteiger partial charge < -0.3 is 35.6 Å². The number of hydrogen-bond acceptors (Lipinski definition) is 7. The average molecular weight is 581 g/mol. The molecule has 0 radical (unpaired) electrons. The number of amides is 4. The predicted molar refractivity (Wildman–Crippen MR) is 153 cm³/mol. The Balaban J connectivity index is 1.58. The van der Waals surface area contributed by atoms with Crippen molar-refractivity contribution in [2.24, 2.45) is 0 Å². The van der Waals surface area contributed by atoms with Crippen molar-refractivity contribution < 1.29 is 29.0 Å². The lowest BCUT2D eigenvalue weighted by Gasteiger charge is -2.36. The highest BCUT2D eigenvalue weighted by Gasteiger charge is 2.25. The van der Waals surface area contributed by atoms with E-state index in [1.54, 1.807) is 59.6 Å². The summed E-state index contributed by atoms with van der Waals surface area (Å²) in [6, 6.07) is 13.4. The van der Waals surface area contributed by atoms with E-state index in [4.69, 9.17) is 16.3 Å². The van der Waals surface area contributed by atoms with Crippen LogP contribution in [0, 0.1) is 0 Å². The second kappa shape index (κ2) is 13.5. The largest absolute Gasteiger partial charge is 0.481 e. The van der Waals surface area contributed by atoms with Crippen molar-refractivity contribution in [3.63, 3.8) is 0 Å². The second-order valence-corrected chi connectivity index (χ2v) is 9.61. The molecule has 1 saturated heterocycles. The first-order valence-corrected chi connectivity index (χ1v) is 13.1. The predicted octanol–water partition coefficient (Wildman–Crippen LogP) is 4.21. The number of hydrogen-bond donors (Lipinski definition) is 4. The molecule has 12 nitrogen and oxygen atoms in total. The van der Waals surface area contributed by atoms with Gasteiger partial charge in [-0.25, -0.2) is 9.59 Å². The van der Waals surface area contributed by atoms with Crippen LogP contribution in [-0.4, -0.2) is 72.3 Å². The number of ether oxygens (including phenoxy) is 1. The van der Waals surface area contributed by atoms with Gasteiger partial charge >= 0.3 is 18.1 Å². The minimum absolute atomic E-state index is 0.211. The summed E-state index contributed by atoms with van der Waals surface area (Å²) in [7, 11) is 1.33. The molecule has 4 N–H and O–H groups in total. The monoisotopic (exact) mass is 580 g/mol. The molecule has 1 atom stereocenters. The quantitative estimate of drug-likeness (QED) is 0.309. The number of rotatable bonds is 8. The van der Waals surface area contributed by atoms with E-state index in [1.807, 2.05) is 4.90 Å². The number of carboxylic acids is 1. The van der Waals surface area contributed by atoms with Crippen molar-refractivity contribution in [3.05, 3.63) is 83.1 Å². The van der Waals surface area contributed by atoms with E-state index < -0.39 is 30.0 Å². The smallest absolute Gasteiger partial charge is 0.409 e. The molecule has 13 heteroatoms. The lowest BCUT2D eigenvalue weighted by molar-refractivity contribution is -0.137. The molecule has 1 aliphatic rings. The summed E-state index contributed by atoms with van der Waals surface area (Å²) in [5, 5.41) is 18.2. The fourth-order valence-electron chi connectivity index (χ4n) is 4.38. The van der Waals surface area contributed by atoms with Crippen LogP contribution in [-0.2, 0) is 9.53 Å². The highest BCUT2D eigenvalue weighted by Crippen LogP contribution is 2.29. The zero-order valence-corrected chi connectivity index (χ0v) is 22.9. The summed E-state index contributed by atoms with van der Waals surface area (Å²) < 4.78 is 4.81. The van der Waals surface area contributed by atoms with Gasteiger partial charge in [0.15, 0.2) is 0 Å². The Kier molecular flexibility index (Phi) is 9.59. The molecule has 0 spiro atoms. The number of piperazine rings is 1. The molecule has 4 rings (SSSR count). The third-order valence-electron chi connectivity index (χ3n) is 6.43. The maximum atomic E-state index is 13.3. The standard InChI is InChI=1S/C28H29ClN6O6/c1-41-28(40)35-13-11-34(12-14-35)24-9-4-18(15-23(24)33-27(39)31-21-7-5-20(29)6-8-21)26(38)32-22(16-25(36)37)19-3-2-10-30-17-19/h2-10,15,17,22H,11-14,16H2,1H3,(H,32,38)(H,36,37)(H2,31,33,39). The minimum atomic E-state index is -1.08. The first kappa shape index (κ1) is 29.2. The molecular weight excluding hydrogens is 552 g/mol. The molecule has 0 saturated carbocycles. The van der Waals surface area contributed by atoms with E-state index in [9.17, 15) is 24.3 Å². The SMILES string of the molecule is COC(=O)N1CCN(c2ccc(C(=O)NC(CC(=O)O)c3cccnc3)cc2NC(=O)Nc2ccc(Cl)cc2)CC1. The Labute approximate surface area is 241 Å². The van der Waals surface area contributed by atoms with Crippen molar-refractivity contribution in [2.45, 2.75) is 12.5 Å². The number of nitrogens with zero attached hydrogens (tertiary/aromatic N) is 3. The lowest BCUT2D eigenvalue weighted by Crippen LogP contribution is -2.49. The van der Waals surface area contributed by atoms with Gasteiger partial charge in [0, 0.05) is 54.8 Å². The molecule has 0 aliphatic carbocycles. The van der Waals surface area contributed by atoms with Gasteiger partial charge in [-0.1, -0.05) is 17.7 Å². The normalized spacial score (nSPS) is 13.6. The molecule has 0 bridgehead atoms. The van der Waals surface area contributed by atoms with Crippen molar-refractivity contribution in [1.29, 1.82) is 0 Å². The summed E-state index contributed by atoms with van der Waals surface area (Å²) in [6.45, 7) is 1.76. The van der Waals surface area contributed by atoms with Gasteiger partial charge in [-0.05, 0) is 54.1 Å². The molecule has 1 unspecified atom stereocenters. The number of aliphatic carboxylic acids is 1. The minimum Gasteiger partial charge on any atom is -0.481 e. The van der Waals surface area contributed by atoms with Crippen LogP contribution in [0.4, 0.5) is 26.7 Å². The Hall–Kier alpha value is -4.84. The van der Waals surface area contributed by atoms with Crippen LogP contribution in [0.1, 0.15) is 28.4 Å². The molecule has 2 heterocycles. The van der Waals surface area contributed by atoms with E-state index in [-0.39, 0.29) is 12.0 Å². The molecule has 1 aromatic heterocycles. The third kappa shape index (κ3) is 7.85. The van der Waals surface area contributed by atoms with Crippen molar-refractivity contribution in [3.8, 4) is 0 Å². The Bertz CT molecular complexity index is 1400. The number of carboxylic acid groups (broad SMARTS) is 1. The number of anilines is 3. The molecule has 1 aliphatic heterocycles. The molecule has 4 amide bonds. The topological polar surface area (TPSA) is 153 Å². The van der Waals surface area contributed by atoms with Crippen molar-refractivity contribution >= 4 is 52.7 Å². The highest BCUT2D eigenvalue weighted by atomic mass is 35.5. The average Bonchev–Trinajstić information content (AvgIpc) is 2.98. The first-order valence-electron chi connectivity index (χ1n) is 12.7. The molecule has 214 valence electrons. The maximum Gasteiger partial charge on any atom is 0.409 e. The van der Waals surface area contributed by atoms with Gasteiger partial charge in [-0.3, -0.25) is 14.6 Å². The Morgan fingerprint density at radius 3 is 2.39 bits per heavy atom. The van der Waals surface area contributed by atoms with Crippen LogP contribution in [0.25, 0.3) is 0 Å². The number of carbonyl (C=O) groups is 4. The van der Waals surface area contributed by atoms with E-state index >= 15 is 0 Å². The Morgan fingerprint density at radius 1 is 1.02 bits per heavy atom. The van der Waals surface area contributed by atoms with Gasteiger partial charge in [0.2, 0.25) is 0 Å².